The van der Waals surface area contributed by atoms with Crippen LogP contribution in [0.5, 0.6) is 0 Å². The molecule has 0 saturated carbocycles. The SMILES string of the molecule is CNC(Cc1cccc(F)c1F)c1cccc(F)c1Cl. The molecule has 0 fully saturated rings. The van der Waals surface area contributed by atoms with Gasteiger partial charge in [-0.3, -0.25) is 0 Å². The van der Waals surface area contributed by atoms with Crippen molar-refractivity contribution in [3.05, 3.63) is 70.0 Å². The first-order valence-electron chi connectivity index (χ1n) is 6.08. The van der Waals surface area contributed by atoms with Crippen molar-refractivity contribution >= 4 is 11.6 Å². The van der Waals surface area contributed by atoms with Crippen molar-refractivity contribution in [3.8, 4) is 0 Å². The van der Waals surface area contributed by atoms with E-state index in [1.807, 2.05) is 0 Å². The third-order valence-corrected chi connectivity index (χ3v) is 3.56. The largest absolute Gasteiger partial charge is 0.313 e. The summed E-state index contributed by atoms with van der Waals surface area (Å²) in [6, 6.07) is 8.02. The lowest BCUT2D eigenvalue weighted by atomic mass is 9.98. The highest BCUT2D eigenvalue weighted by molar-refractivity contribution is 6.31. The number of hydrogen-bond acceptors (Lipinski definition) is 1. The number of nitrogens with one attached hydrogen (secondary N) is 1. The van der Waals surface area contributed by atoms with Crippen molar-refractivity contribution in [2.24, 2.45) is 0 Å². The second kappa shape index (κ2) is 6.29. The molecule has 0 heterocycles. The van der Waals surface area contributed by atoms with Gasteiger partial charge in [-0.1, -0.05) is 35.9 Å². The molecule has 1 atom stereocenters. The van der Waals surface area contributed by atoms with Crippen LogP contribution in [0.1, 0.15) is 17.2 Å². The first-order chi connectivity index (χ1) is 9.54. The van der Waals surface area contributed by atoms with E-state index in [4.69, 9.17) is 11.6 Å². The zero-order valence-electron chi connectivity index (χ0n) is 10.8. The van der Waals surface area contributed by atoms with E-state index in [-0.39, 0.29) is 17.0 Å². The maximum Gasteiger partial charge on any atom is 0.162 e. The van der Waals surface area contributed by atoms with Crippen LogP contribution in [0.25, 0.3) is 0 Å². The number of likely N-dealkylation sites (N-methyl/N-ethyl adjacent to an activating group) is 1. The van der Waals surface area contributed by atoms with E-state index in [1.54, 1.807) is 13.1 Å². The van der Waals surface area contributed by atoms with Gasteiger partial charge in [-0.15, -0.1) is 0 Å². The Balaban J connectivity index is 2.34. The second-order valence-corrected chi connectivity index (χ2v) is 4.78. The average Bonchev–Trinajstić information content (AvgIpc) is 2.44. The normalized spacial score (nSPS) is 12.4. The van der Waals surface area contributed by atoms with Crippen LogP contribution in [-0.4, -0.2) is 7.05 Å². The van der Waals surface area contributed by atoms with Crippen LogP contribution in [0, 0.1) is 17.5 Å². The molecule has 20 heavy (non-hydrogen) atoms. The van der Waals surface area contributed by atoms with E-state index in [0.29, 0.717) is 5.56 Å². The van der Waals surface area contributed by atoms with Gasteiger partial charge >= 0.3 is 0 Å². The van der Waals surface area contributed by atoms with Gasteiger partial charge in [0.2, 0.25) is 0 Å². The fraction of sp³-hybridized carbons (Fsp3) is 0.200. The van der Waals surface area contributed by atoms with Crippen LogP contribution in [0.4, 0.5) is 13.2 Å². The standard InChI is InChI=1S/C15H13ClF3N/c1-20-13(10-5-3-6-11(17)14(10)16)8-9-4-2-7-12(18)15(9)19/h2-7,13,20H,8H2,1H3. The van der Waals surface area contributed by atoms with Gasteiger partial charge in [0, 0.05) is 6.04 Å². The molecule has 1 unspecified atom stereocenters. The second-order valence-electron chi connectivity index (χ2n) is 4.40. The van der Waals surface area contributed by atoms with Crippen LogP contribution in [0.3, 0.4) is 0 Å². The van der Waals surface area contributed by atoms with Crippen LogP contribution in [-0.2, 0) is 6.42 Å². The summed E-state index contributed by atoms with van der Waals surface area (Å²) >= 11 is 5.92. The summed E-state index contributed by atoms with van der Waals surface area (Å²) < 4.78 is 40.3. The molecule has 0 radical (unpaired) electrons. The summed E-state index contributed by atoms with van der Waals surface area (Å²) in [5.41, 5.74) is 0.725. The van der Waals surface area contributed by atoms with Crippen LogP contribution < -0.4 is 5.32 Å². The zero-order valence-corrected chi connectivity index (χ0v) is 11.5. The minimum absolute atomic E-state index is 0.0105. The van der Waals surface area contributed by atoms with E-state index >= 15 is 0 Å². The summed E-state index contributed by atoms with van der Waals surface area (Å²) in [6.07, 6.45) is 0.170. The zero-order chi connectivity index (χ0) is 14.7. The van der Waals surface area contributed by atoms with E-state index in [9.17, 15) is 13.2 Å². The molecule has 0 saturated heterocycles. The summed E-state index contributed by atoms with van der Waals surface area (Å²) in [6.45, 7) is 0. The van der Waals surface area contributed by atoms with Gasteiger partial charge < -0.3 is 5.32 Å². The number of rotatable bonds is 4. The highest BCUT2D eigenvalue weighted by Gasteiger charge is 2.18. The lowest BCUT2D eigenvalue weighted by Crippen LogP contribution is -2.20. The van der Waals surface area contributed by atoms with Crippen LogP contribution in [0.15, 0.2) is 36.4 Å². The highest BCUT2D eigenvalue weighted by atomic mass is 35.5. The Morgan fingerprint density at radius 1 is 1.05 bits per heavy atom. The molecule has 0 aliphatic rings. The number of benzene rings is 2. The van der Waals surface area contributed by atoms with E-state index < -0.39 is 23.5 Å². The summed E-state index contributed by atoms with van der Waals surface area (Å²) in [5, 5.41) is 2.93. The third-order valence-electron chi connectivity index (χ3n) is 3.16. The monoisotopic (exact) mass is 299 g/mol. The van der Waals surface area contributed by atoms with Crippen molar-refractivity contribution < 1.29 is 13.2 Å². The smallest absolute Gasteiger partial charge is 0.162 e. The van der Waals surface area contributed by atoms with Crippen LogP contribution >= 0.6 is 11.6 Å². The Morgan fingerprint density at radius 2 is 1.70 bits per heavy atom. The summed E-state index contributed by atoms with van der Waals surface area (Å²) in [4.78, 5) is 0. The molecule has 5 heteroatoms. The Bertz CT molecular complexity index is 616. The molecule has 0 amide bonds. The van der Waals surface area contributed by atoms with Gasteiger partial charge in [0.15, 0.2) is 11.6 Å². The Hall–Kier alpha value is -1.52. The topological polar surface area (TPSA) is 12.0 Å². The van der Waals surface area contributed by atoms with Gasteiger partial charge in [0.05, 0.1) is 5.02 Å². The third kappa shape index (κ3) is 2.97. The Morgan fingerprint density at radius 3 is 2.40 bits per heavy atom. The molecule has 1 N–H and O–H groups in total. The van der Waals surface area contributed by atoms with Crippen molar-refractivity contribution in [2.75, 3.05) is 7.05 Å². The number of halogens is 4. The van der Waals surface area contributed by atoms with Crippen molar-refractivity contribution in [1.82, 2.24) is 5.32 Å². The first kappa shape index (κ1) is 14.9. The average molecular weight is 300 g/mol. The molecule has 2 aromatic carbocycles. The maximum atomic E-state index is 13.7. The molecule has 1 nitrogen and oxygen atoms in total. The van der Waals surface area contributed by atoms with E-state index in [2.05, 4.69) is 5.32 Å². The molecule has 0 aliphatic heterocycles. The van der Waals surface area contributed by atoms with Crippen molar-refractivity contribution in [3.63, 3.8) is 0 Å². The molecule has 2 aromatic rings. The van der Waals surface area contributed by atoms with E-state index in [0.717, 1.165) is 6.07 Å². The predicted octanol–water partition coefficient (Wildman–Crippen LogP) is 4.26. The molecular formula is C15H13ClF3N. The Labute approximate surface area is 120 Å². The molecule has 0 spiro atoms. The highest BCUT2D eigenvalue weighted by Crippen LogP contribution is 2.28. The predicted molar refractivity (Wildman–Crippen MR) is 73.3 cm³/mol. The van der Waals surface area contributed by atoms with Gasteiger partial charge in [-0.2, -0.15) is 0 Å². The maximum absolute atomic E-state index is 13.7. The molecule has 106 valence electrons. The lowest BCUT2D eigenvalue weighted by Gasteiger charge is -2.18. The lowest BCUT2D eigenvalue weighted by molar-refractivity contribution is 0.486. The van der Waals surface area contributed by atoms with Crippen molar-refractivity contribution in [2.45, 2.75) is 12.5 Å². The van der Waals surface area contributed by atoms with Gasteiger partial charge in [0.1, 0.15) is 5.82 Å². The molecular weight excluding hydrogens is 287 g/mol. The molecule has 0 aliphatic carbocycles. The van der Waals surface area contributed by atoms with Crippen LogP contribution in [0.2, 0.25) is 5.02 Å². The Kier molecular flexibility index (Phi) is 4.68. The fourth-order valence-corrected chi connectivity index (χ4v) is 2.34. The minimum Gasteiger partial charge on any atom is -0.313 e. The fourth-order valence-electron chi connectivity index (χ4n) is 2.08. The molecule has 2 rings (SSSR count). The molecule has 0 bridgehead atoms. The first-order valence-corrected chi connectivity index (χ1v) is 6.46. The summed E-state index contributed by atoms with van der Waals surface area (Å²) in [5.74, 6) is -2.33. The summed E-state index contributed by atoms with van der Waals surface area (Å²) in [7, 11) is 1.66. The van der Waals surface area contributed by atoms with Crippen molar-refractivity contribution in [1.29, 1.82) is 0 Å². The minimum atomic E-state index is -0.900. The number of hydrogen-bond donors (Lipinski definition) is 1. The molecule has 0 aromatic heterocycles. The van der Waals surface area contributed by atoms with Gasteiger partial charge in [-0.25, -0.2) is 13.2 Å². The van der Waals surface area contributed by atoms with Gasteiger partial charge in [-0.05, 0) is 36.7 Å². The van der Waals surface area contributed by atoms with Gasteiger partial charge in [0.25, 0.3) is 0 Å². The van der Waals surface area contributed by atoms with E-state index in [1.165, 1.54) is 24.3 Å². The quantitative estimate of drug-likeness (QED) is 0.889.